The average Bonchev–Trinajstić information content (AvgIpc) is 3.07. The highest BCUT2D eigenvalue weighted by atomic mass is 16.5. The fourth-order valence-electron chi connectivity index (χ4n) is 4.82. The van der Waals surface area contributed by atoms with Crippen molar-refractivity contribution in [2.45, 2.75) is 51.7 Å². The maximum atomic E-state index is 6.32. The predicted octanol–water partition coefficient (Wildman–Crippen LogP) is 5.64. The van der Waals surface area contributed by atoms with E-state index in [2.05, 4.69) is 63.0 Å². The largest absolute Gasteiger partial charge is 0.493 e. The number of methoxy groups -OCH3 is 1. The Morgan fingerprint density at radius 2 is 1.65 bits per heavy atom. The van der Waals surface area contributed by atoms with E-state index in [1.54, 1.807) is 7.11 Å². The van der Waals surface area contributed by atoms with Gasteiger partial charge in [0.15, 0.2) is 11.5 Å². The molecule has 0 amide bonds. The Bertz CT molecular complexity index is 1190. The minimum Gasteiger partial charge on any atom is -0.493 e. The van der Waals surface area contributed by atoms with E-state index in [1.807, 2.05) is 24.5 Å². The van der Waals surface area contributed by atoms with Crippen LogP contribution in [0.5, 0.6) is 11.5 Å². The highest BCUT2D eigenvalue weighted by molar-refractivity contribution is 6.16. The summed E-state index contributed by atoms with van der Waals surface area (Å²) in [6.45, 7) is 8.66. The number of fused-ring (bicyclic) bond motifs is 3. The van der Waals surface area contributed by atoms with Gasteiger partial charge in [0.05, 0.1) is 18.4 Å². The van der Waals surface area contributed by atoms with Crippen molar-refractivity contribution in [3.8, 4) is 22.6 Å². The van der Waals surface area contributed by atoms with Gasteiger partial charge in [-0.3, -0.25) is 9.98 Å². The topological polar surface area (TPSA) is 43.7 Å². The van der Waals surface area contributed by atoms with Gasteiger partial charge in [-0.2, -0.15) is 0 Å². The molecule has 2 aliphatic rings. The Hall–Kier alpha value is -3.14. The first-order valence-corrected chi connectivity index (χ1v) is 10.8. The second-order valence-electron chi connectivity index (χ2n) is 9.73. The van der Waals surface area contributed by atoms with Gasteiger partial charge < -0.3 is 9.47 Å². The van der Waals surface area contributed by atoms with Gasteiger partial charge in [0.25, 0.3) is 0 Å². The Labute approximate surface area is 184 Å². The fraction of sp³-hybridized carbons (Fsp3) is 0.333. The van der Waals surface area contributed by atoms with Gasteiger partial charge >= 0.3 is 0 Å². The minimum absolute atomic E-state index is 0.191. The molecule has 0 saturated carbocycles. The molecule has 1 aromatic heterocycles. The summed E-state index contributed by atoms with van der Waals surface area (Å²) in [6.07, 6.45) is 5.37. The summed E-state index contributed by atoms with van der Waals surface area (Å²) in [5.41, 5.74) is 7.73. The fourth-order valence-corrected chi connectivity index (χ4v) is 4.82. The zero-order valence-corrected chi connectivity index (χ0v) is 18.8. The standard InChI is InChI=1S/C27H28N2O2/c1-26(2)15-20-14-22(30-5)25-21(16-27(3,4)31-25)23(20)24(29-26)19-8-6-7-18(13-19)17-9-11-28-12-10-17/h6-14H,15-16H2,1-5H3. The average molecular weight is 413 g/mol. The van der Waals surface area contributed by atoms with E-state index in [-0.39, 0.29) is 11.1 Å². The van der Waals surface area contributed by atoms with Gasteiger partial charge in [-0.25, -0.2) is 0 Å². The van der Waals surface area contributed by atoms with E-state index < -0.39 is 0 Å². The molecule has 3 aromatic rings. The van der Waals surface area contributed by atoms with E-state index in [0.717, 1.165) is 46.7 Å². The molecule has 3 heterocycles. The van der Waals surface area contributed by atoms with E-state index in [0.29, 0.717) is 0 Å². The molecular weight excluding hydrogens is 384 g/mol. The smallest absolute Gasteiger partial charge is 0.166 e. The van der Waals surface area contributed by atoms with Crippen molar-refractivity contribution in [1.29, 1.82) is 0 Å². The molecule has 0 N–H and O–H groups in total. The Kier molecular flexibility index (Phi) is 4.44. The first kappa shape index (κ1) is 19.8. The molecule has 0 atom stereocenters. The zero-order chi connectivity index (χ0) is 21.8. The molecular formula is C27H28N2O2. The van der Waals surface area contributed by atoms with Crippen LogP contribution in [0.2, 0.25) is 0 Å². The molecule has 0 aliphatic carbocycles. The van der Waals surface area contributed by atoms with Crippen LogP contribution in [0, 0.1) is 0 Å². The van der Waals surface area contributed by atoms with E-state index in [1.165, 1.54) is 16.7 Å². The van der Waals surface area contributed by atoms with Gasteiger partial charge in [-0.15, -0.1) is 0 Å². The lowest BCUT2D eigenvalue weighted by Crippen LogP contribution is -2.30. The van der Waals surface area contributed by atoms with Gasteiger partial charge in [0.2, 0.25) is 0 Å². The molecule has 4 nitrogen and oxygen atoms in total. The third kappa shape index (κ3) is 3.50. The van der Waals surface area contributed by atoms with Crippen LogP contribution in [0.3, 0.4) is 0 Å². The number of aromatic nitrogens is 1. The van der Waals surface area contributed by atoms with Gasteiger partial charge in [-0.1, -0.05) is 18.2 Å². The van der Waals surface area contributed by atoms with Crippen molar-refractivity contribution in [2.24, 2.45) is 4.99 Å². The molecule has 0 fully saturated rings. The van der Waals surface area contributed by atoms with E-state index in [9.17, 15) is 0 Å². The van der Waals surface area contributed by atoms with Crippen molar-refractivity contribution in [1.82, 2.24) is 4.98 Å². The molecule has 2 aromatic carbocycles. The lowest BCUT2D eigenvalue weighted by atomic mass is 9.80. The molecule has 0 spiro atoms. The van der Waals surface area contributed by atoms with Gasteiger partial charge in [0.1, 0.15) is 5.60 Å². The molecule has 31 heavy (non-hydrogen) atoms. The third-order valence-corrected chi connectivity index (χ3v) is 6.05. The lowest BCUT2D eigenvalue weighted by Gasteiger charge is -2.31. The Balaban J connectivity index is 1.72. The molecule has 4 heteroatoms. The highest BCUT2D eigenvalue weighted by Crippen LogP contribution is 2.47. The summed E-state index contributed by atoms with van der Waals surface area (Å²) in [5.74, 6) is 1.69. The van der Waals surface area contributed by atoms with E-state index >= 15 is 0 Å². The number of benzene rings is 2. The van der Waals surface area contributed by atoms with Crippen LogP contribution in [-0.4, -0.2) is 28.9 Å². The summed E-state index contributed by atoms with van der Waals surface area (Å²) in [4.78, 5) is 9.40. The van der Waals surface area contributed by atoms with Crippen LogP contribution >= 0.6 is 0 Å². The second kappa shape index (κ2) is 6.94. The van der Waals surface area contributed by atoms with Crippen LogP contribution in [0.25, 0.3) is 11.1 Å². The molecule has 5 rings (SSSR count). The molecule has 0 radical (unpaired) electrons. The zero-order valence-electron chi connectivity index (χ0n) is 18.8. The molecule has 0 saturated heterocycles. The number of ether oxygens (including phenoxy) is 2. The van der Waals surface area contributed by atoms with Crippen molar-refractivity contribution < 1.29 is 9.47 Å². The van der Waals surface area contributed by atoms with Crippen molar-refractivity contribution in [2.75, 3.05) is 7.11 Å². The summed E-state index contributed by atoms with van der Waals surface area (Å²) in [5, 5.41) is 0. The number of nitrogens with zero attached hydrogens (tertiary/aromatic N) is 2. The lowest BCUT2D eigenvalue weighted by molar-refractivity contribution is 0.134. The molecule has 0 bridgehead atoms. The van der Waals surface area contributed by atoms with Crippen molar-refractivity contribution in [3.63, 3.8) is 0 Å². The summed E-state index contributed by atoms with van der Waals surface area (Å²) >= 11 is 0. The van der Waals surface area contributed by atoms with Gasteiger partial charge in [-0.05, 0) is 75.1 Å². The number of hydrogen-bond donors (Lipinski definition) is 0. The van der Waals surface area contributed by atoms with Gasteiger partial charge in [0, 0.05) is 35.5 Å². The third-order valence-electron chi connectivity index (χ3n) is 6.05. The second-order valence-corrected chi connectivity index (χ2v) is 9.73. The first-order valence-electron chi connectivity index (χ1n) is 10.8. The quantitative estimate of drug-likeness (QED) is 0.559. The predicted molar refractivity (Wildman–Crippen MR) is 125 cm³/mol. The van der Waals surface area contributed by atoms with Crippen LogP contribution < -0.4 is 9.47 Å². The summed E-state index contributed by atoms with van der Waals surface area (Å²) < 4.78 is 12.1. The maximum Gasteiger partial charge on any atom is 0.166 e. The van der Waals surface area contributed by atoms with Crippen LogP contribution in [-0.2, 0) is 12.8 Å². The highest BCUT2D eigenvalue weighted by Gasteiger charge is 2.39. The Morgan fingerprint density at radius 1 is 0.903 bits per heavy atom. The van der Waals surface area contributed by atoms with Crippen molar-refractivity contribution in [3.05, 3.63) is 77.1 Å². The normalized spacial score (nSPS) is 17.9. The number of aliphatic imine (C=N–C) groups is 1. The van der Waals surface area contributed by atoms with Crippen LogP contribution in [0.1, 0.15) is 49.9 Å². The van der Waals surface area contributed by atoms with Crippen LogP contribution in [0.15, 0.2) is 59.9 Å². The monoisotopic (exact) mass is 412 g/mol. The summed E-state index contributed by atoms with van der Waals surface area (Å²) in [7, 11) is 1.72. The van der Waals surface area contributed by atoms with Crippen LogP contribution in [0.4, 0.5) is 0 Å². The summed E-state index contributed by atoms with van der Waals surface area (Å²) in [6, 6.07) is 14.9. The number of hydrogen-bond acceptors (Lipinski definition) is 4. The van der Waals surface area contributed by atoms with Crippen molar-refractivity contribution >= 4 is 5.71 Å². The SMILES string of the molecule is COc1cc2c(c3c1OC(C)(C)C3)C(c1cccc(-c3ccncc3)c1)=NC(C)(C)C2. The van der Waals surface area contributed by atoms with E-state index in [4.69, 9.17) is 14.5 Å². The first-order chi connectivity index (χ1) is 14.8. The minimum atomic E-state index is -0.262. The Morgan fingerprint density at radius 3 is 2.39 bits per heavy atom. The molecule has 158 valence electrons. The molecule has 2 aliphatic heterocycles. The number of rotatable bonds is 3. The molecule has 0 unspecified atom stereocenters. The number of pyridine rings is 1. The maximum absolute atomic E-state index is 6.32.